The van der Waals surface area contributed by atoms with Gasteiger partial charge in [-0.15, -0.1) is 0 Å². The van der Waals surface area contributed by atoms with Gasteiger partial charge in [0.25, 0.3) is 0 Å². The molecule has 1 fully saturated rings. The molecule has 1 saturated heterocycles. The average molecular weight is 471 g/mol. The van der Waals surface area contributed by atoms with E-state index < -0.39 is 5.82 Å². The van der Waals surface area contributed by atoms with Crippen LogP contribution in [0.25, 0.3) is 22.2 Å². The number of halogens is 2. The number of nitrogens with zero attached hydrogens (tertiary/aromatic N) is 2. The first kappa shape index (κ1) is 23.1. The normalized spacial score (nSPS) is 16.1. The Kier molecular flexibility index (Phi) is 6.88. The molecule has 174 valence electrons. The number of carbonyl (C=O) groups is 2. The van der Waals surface area contributed by atoms with Crippen LogP contribution in [-0.2, 0) is 11.2 Å². The van der Waals surface area contributed by atoms with Crippen LogP contribution < -0.4 is 5.32 Å². The van der Waals surface area contributed by atoms with E-state index >= 15 is 0 Å². The van der Waals surface area contributed by atoms with E-state index in [9.17, 15) is 14.0 Å². The Balaban J connectivity index is 1.40. The zero-order chi connectivity index (χ0) is 23.5. The molecule has 3 amide bonds. The van der Waals surface area contributed by atoms with Crippen molar-refractivity contribution >= 4 is 34.4 Å². The number of H-pyrrole nitrogens is 1. The quantitative estimate of drug-likeness (QED) is 0.561. The number of urea groups is 1. The molecule has 0 unspecified atom stereocenters. The average Bonchev–Trinajstić information content (AvgIpc) is 3.23. The van der Waals surface area contributed by atoms with Crippen LogP contribution in [0.1, 0.15) is 25.3 Å². The topological polar surface area (TPSA) is 68.4 Å². The van der Waals surface area contributed by atoms with E-state index in [0.717, 1.165) is 41.5 Å². The summed E-state index contributed by atoms with van der Waals surface area (Å²) < 4.78 is 14.6. The van der Waals surface area contributed by atoms with Gasteiger partial charge in [0.1, 0.15) is 5.82 Å². The number of fused-ring (bicyclic) bond motifs is 1. The highest BCUT2D eigenvalue weighted by atomic mass is 35.5. The fraction of sp³-hybridized carbons (Fsp3) is 0.360. The number of amides is 3. The molecule has 0 radical (unpaired) electrons. The van der Waals surface area contributed by atoms with Gasteiger partial charge in [-0.1, -0.05) is 29.8 Å². The van der Waals surface area contributed by atoms with Gasteiger partial charge in [0, 0.05) is 55.8 Å². The zero-order valence-corrected chi connectivity index (χ0v) is 19.6. The number of nitrogens with one attached hydrogen (secondary N) is 2. The van der Waals surface area contributed by atoms with E-state index in [2.05, 4.69) is 10.3 Å². The van der Waals surface area contributed by atoms with Crippen molar-refractivity contribution in [2.24, 2.45) is 0 Å². The van der Waals surface area contributed by atoms with Crippen molar-refractivity contribution < 1.29 is 14.0 Å². The molecule has 1 aliphatic heterocycles. The zero-order valence-electron chi connectivity index (χ0n) is 18.8. The fourth-order valence-corrected chi connectivity index (χ4v) is 4.61. The number of piperidine rings is 1. The minimum absolute atomic E-state index is 0.0245. The second-order valence-corrected chi connectivity index (χ2v) is 8.95. The Morgan fingerprint density at radius 1 is 1.27 bits per heavy atom. The standard InChI is InChI=1S/C25H28ClFN4O2/c1-16(32)31-11-5-7-19(15-31)30(2)25(33)28-10-9-17-12-20(21(26)14-22(17)27)24-13-18-6-3-4-8-23(18)29-24/h3-4,6,8,12-14,19,29H,5,7,9-11,15H2,1-2H3,(H,28,33)/t19-/m1/s1. The Bertz CT molecular complexity index is 1150. The number of hydrogen-bond acceptors (Lipinski definition) is 2. The number of hydrogen-bond donors (Lipinski definition) is 2. The lowest BCUT2D eigenvalue weighted by Gasteiger charge is -2.37. The second-order valence-electron chi connectivity index (χ2n) is 8.55. The molecule has 3 aromatic rings. The minimum Gasteiger partial charge on any atom is -0.354 e. The maximum atomic E-state index is 14.6. The molecular weight excluding hydrogens is 443 g/mol. The van der Waals surface area contributed by atoms with E-state index in [-0.39, 0.29) is 24.5 Å². The van der Waals surface area contributed by atoms with Gasteiger partial charge in [-0.05, 0) is 49.1 Å². The molecule has 2 N–H and O–H groups in total. The predicted octanol–water partition coefficient (Wildman–Crippen LogP) is 4.82. The second kappa shape index (κ2) is 9.83. The van der Waals surface area contributed by atoms with Crippen LogP contribution in [0, 0.1) is 5.82 Å². The third kappa shape index (κ3) is 5.14. The van der Waals surface area contributed by atoms with Crippen LogP contribution in [0.2, 0.25) is 5.02 Å². The Labute approximate surface area is 197 Å². The highest BCUT2D eigenvalue weighted by molar-refractivity contribution is 6.33. The lowest BCUT2D eigenvalue weighted by Crippen LogP contribution is -2.52. The van der Waals surface area contributed by atoms with E-state index in [0.29, 0.717) is 23.6 Å². The third-order valence-electron chi connectivity index (χ3n) is 6.34. The number of para-hydroxylation sites is 1. The van der Waals surface area contributed by atoms with Gasteiger partial charge in [0.05, 0.1) is 11.1 Å². The van der Waals surface area contributed by atoms with Crippen molar-refractivity contribution in [2.45, 2.75) is 32.2 Å². The predicted molar refractivity (Wildman–Crippen MR) is 129 cm³/mol. The van der Waals surface area contributed by atoms with Gasteiger partial charge in [-0.25, -0.2) is 9.18 Å². The van der Waals surface area contributed by atoms with Crippen LogP contribution in [0.5, 0.6) is 0 Å². The summed E-state index contributed by atoms with van der Waals surface area (Å²) in [4.78, 5) is 31.0. The van der Waals surface area contributed by atoms with Crippen molar-refractivity contribution in [1.82, 2.24) is 20.1 Å². The Morgan fingerprint density at radius 3 is 2.82 bits per heavy atom. The highest BCUT2D eigenvalue weighted by Gasteiger charge is 2.27. The number of benzene rings is 2. The maximum absolute atomic E-state index is 14.6. The number of likely N-dealkylation sites (tertiary alicyclic amines) is 1. The first-order valence-electron chi connectivity index (χ1n) is 11.2. The number of rotatable bonds is 5. The summed E-state index contributed by atoms with van der Waals surface area (Å²) in [7, 11) is 1.74. The smallest absolute Gasteiger partial charge is 0.317 e. The highest BCUT2D eigenvalue weighted by Crippen LogP contribution is 2.32. The molecule has 1 aromatic heterocycles. The van der Waals surface area contributed by atoms with E-state index in [1.807, 2.05) is 30.3 Å². The summed E-state index contributed by atoms with van der Waals surface area (Å²) in [5.74, 6) is -0.371. The van der Waals surface area contributed by atoms with Crippen LogP contribution in [-0.4, -0.2) is 59.4 Å². The van der Waals surface area contributed by atoms with Gasteiger partial charge >= 0.3 is 6.03 Å². The molecule has 4 rings (SSSR count). The molecule has 1 atom stereocenters. The van der Waals surface area contributed by atoms with Crippen LogP contribution in [0.15, 0.2) is 42.5 Å². The first-order chi connectivity index (χ1) is 15.8. The lowest BCUT2D eigenvalue weighted by atomic mass is 10.0. The van der Waals surface area contributed by atoms with Crippen molar-refractivity contribution in [3.63, 3.8) is 0 Å². The Hall–Kier alpha value is -3.06. The van der Waals surface area contributed by atoms with E-state index in [1.165, 1.54) is 6.07 Å². The van der Waals surface area contributed by atoms with Crippen LogP contribution in [0.3, 0.4) is 0 Å². The number of aromatic amines is 1. The summed E-state index contributed by atoms with van der Waals surface area (Å²) in [6.07, 6.45) is 2.06. The largest absolute Gasteiger partial charge is 0.354 e. The van der Waals surface area contributed by atoms with Gasteiger partial charge in [0.15, 0.2) is 0 Å². The number of carbonyl (C=O) groups excluding carboxylic acids is 2. The molecule has 0 saturated carbocycles. The van der Waals surface area contributed by atoms with Gasteiger partial charge in [-0.3, -0.25) is 4.79 Å². The molecule has 0 aliphatic carbocycles. The molecule has 1 aliphatic rings. The third-order valence-corrected chi connectivity index (χ3v) is 6.65. The molecule has 6 nitrogen and oxygen atoms in total. The molecule has 8 heteroatoms. The maximum Gasteiger partial charge on any atom is 0.317 e. The van der Waals surface area contributed by atoms with Gasteiger partial charge in [-0.2, -0.15) is 0 Å². The first-order valence-corrected chi connectivity index (χ1v) is 11.5. The summed E-state index contributed by atoms with van der Waals surface area (Å²) in [5.41, 5.74) is 3.00. The van der Waals surface area contributed by atoms with Crippen molar-refractivity contribution in [3.8, 4) is 11.3 Å². The molecule has 2 aromatic carbocycles. The lowest BCUT2D eigenvalue weighted by molar-refractivity contribution is -0.130. The summed E-state index contributed by atoms with van der Waals surface area (Å²) in [6.45, 7) is 3.11. The fourth-order valence-electron chi connectivity index (χ4n) is 4.36. The van der Waals surface area contributed by atoms with Gasteiger partial charge < -0.3 is 20.1 Å². The van der Waals surface area contributed by atoms with E-state index in [4.69, 9.17) is 11.6 Å². The SMILES string of the molecule is CC(=O)N1CCC[C@@H](N(C)C(=O)NCCc2cc(-c3cc4ccccc4[nH]3)c(Cl)cc2F)C1. The van der Waals surface area contributed by atoms with Crippen molar-refractivity contribution in [1.29, 1.82) is 0 Å². The number of likely N-dealkylation sites (N-methyl/N-ethyl adjacent to an activating group) is 1. The van der Waals surface area contributed by atoms with Crippen LogP contribution in [0.4, 0.5) is 9.18 Å². The summed E-state index contributed by atoms with van der Waals surface area (Å²) >= 11 is 6.35. The van der Waals surface area contributed by atoms with Crippen molar-refractivity contribution in [2.75, 3.05) is 26.7 Å². The monoisotopic (exact) mass is 470 g/mol. The Morgan fingerprint density at radius 2 is 2.06 bits per heavy atom. The van der Waals surface area contributed by atoms with Crippen LogP contribution >= 0.6 is 11.6 Å². The molecule has 0 bridgehead atoms. The molecular formula is C25H28ClFN4O2. The summed E-state index contributed by atoms with van der Waals surface area (Å²) in [5, 5.41) is 4.25. The van der Waals surface area contributed by atoms with E-state index in [1.54, 1.807) is 29.8 Å². The van der Waals surface area contributed by atoms with Gasteiger partial charge in [0.2, 0.25) is 5.91 Å². The minimum atomic E-state index is -0.396. The van der Waals surface area contributed by atoms with Crippen molar-refractivity contribution in [3.05, 3.63) is 58.9 Å². The summed E-state index contributed by atoms with van der Waals surface area (Å²) in [6, 6.07) is 12.7. The number of aromatic nitrogens is 1. The molecule has 33 heavy (non-hydrogen) atoms. The molecule has 0 spiro atoms. The molecule has 2 heterocycles.